The lowest BCUT2D eigenvalue weighted by molar-refractivity contribution is -0.139. The number of aromatic nitrogens is 2. The van der Waals surface area contributed by atoms with Crippen molar-refractivity contribution in [3.63, 3.8) is 0 Å². The predicted octanol–water partition coefficient (Wildman–Crippen LogP) is 6.55. The second-order valence-electron chi connectivity index (χ2n) is 11.2. The minimum absolute atomic E-state index is 0.105. The first kappa shape index (κ1) is 30.6. The third-order valence-electron chi connectivity index (χ3n) is 7.90. The van der Waals surface area contributed by atoms with Gasteiger partial charge < -0.3 is 14.0 Å². The van der Waals surface area contributed by atoms with Crippen LogP contribution in [-0.2, 0) is 16.1 Å². The molecule has 0 saturated carbocycles. The largest absolute Gasteiger partial charge is 0.491 e. The molecule has 7 nitrogen and oxygen atoms in total. The molecule has 5 aromatic rings. The van der Waals surface area contributed by atoms with E-state index in [1.165, 1.54) is 11.3 Å². The normalized spacial score (nSPS) is 15.0. The van der Waals surface area contributed by atoms with Crippen LogP contribution in [0.2, 0.25) is 5.02 Å². The van der Waals surface area contributed by atoms with Crippen molar-refractivity contribution in [2.45, 2.75) is 53.3 Å². The zero-order valence-electron chi connectivity index (χ0n) is 25.8. The van der Waals surface area contributed by atoms with Crippen molar-refractivity contribution in [1.82, 2.24) is 9.13 Å². The van der Waals surface area contributed by atoms with E-state index in [1.807, 2.05) is 80.6 Å². The van der Waals surface area contributed by atoms with Crippen LogP contribution in [0, 0.1) is 6.92 Å². The van der Waals surface area contributed by atoms with Crippen molar-refractivity contribution in [3.8, 4) is 5.75 Å². The summed E-state index contributed by atoms with van der Waals surface area (Å²) in [6.07, 6.45) is 1.85. The fourth-order valence-electron chi connectivity index (χ4n) is 5.90. The molecule has 0 saturated heterocycles. The Hall–Kier alpha value is -4.40. The van der Waals surface area contributed by atoms with Crippen LogP contribution in [-0.4, -0.2) is 27.8 Å². The number of fused-ring (bicyclic) bond motifs is 2. The molecule has 0 N–H and O–H groups in total. The Morgan fingerprint density at radius 2 is 1.76 bits per heavy atom. The van der Waals surface area contributed by atoms with Gasteiger partial charge in [0.2, 0.25) is 0 Å². The van der Waals surface area contributed by atoms with Gasteiger partial charge in [-0.2, -0.15) is 0 Å². The zero-order chi connectivity index (χ0) is 31.8. The third kappa shape index (κ3) is 5.76. The van der Waals surface area contributed by atoms with Crippen LogP contribution in [0.25, 0.3) is 17.0 Å². The minimum atomic E-state index is -0.759. The van der Waals surface area contributed by atoms with E-state index in [9.17, 15) is 9.59 Å². The number of nitrogens with zero attached hydrogens (tertiary/aromatic N) is 3. The lowest BCUT2D eigenvalue weighted by Gasteiger charge is -2.26. The van der Waals surface area contributed by atoms with Crippen LogP contribution < -0.4 is 19.6 Å². The van der Waals surface area contributed by atoms with Crippen LogP contribution in [0.1, 0.15) is 56.1 Å². The molecule has 45 heavy (non-hydrogen) atoms. The molecule has 6 rings (SSSR count). The average molecular weight is 640 g/mol. The van der Waals surface area contributed by atoms with Gasteiger partial charge in [-0.1, -0.05) is 71.5 Å². The van der Waals surface area contributed by atoms with Gasteiger partial charge in [0.05, 0.1) is 28.5 Å². The Morgan fingerprint density at radius 1 is 1.04 bits per heavy atom. The van der Waals surface area contributed by atoms with Gasteiger partial charge in [-0.05, 0) is 70.5 Å². The number of allylic oxidation sites excluding steroid dienone is 1. The monoisotopic (exact) mass is 639 g/mol. The number of carbonyl (C=O) groups is 1. The minimum Gasteiger partial charge on any atom is -0.491 e. The number of rotatable bonds is 8. The summed E-state index contributed by atoms with van der Waals surface area (Å²) < 4.78 is 16.0. The van der Waals surface area contributed by atoms with Crippen molar-refractivity contribution in [2.75, 3.05) is 6.61 Å². The Kier molecular flexibility index (Phi) is 8.53. The molecular weight excluding hydrogens is 606 g/mol. The number of hydrogen-bond donors (Lipinski definition) is 0. The molecule has 3 aromatic carbocycles. The van der Waals surface area contributed by atoms with Crippen molar-refractivity contribution in [3.05, 3.63) is 131 Å². The van der Waals surface area contributed by atoms with Gasteiger partial charge >= 0.3 is 5.97 Å². The van der Waals surface area contributed by atoms with E-state index >= 15 is 0 Å². The first-order chi connectivity index (χ1) is 21.7. The van der Waals surface area contributed by atoms with Gasteiger partial charge in [0.25, 0.3) is 5.56 Å². The number of thiazole rings is 1. The number of esters is 1. The smallest absolute Gasteiger partial charge is 0.338 e. The third-order valence-corrected chi connectivity index (χ3v) is 9.14. The second-order valence-corrected chi connectivity index (χ2v) is 12.7. The molecule has 230 valence electrons. The summed E-state index contributed by atoms with van der Waals surface area (Å²) >= 11 is 7.45. The van der Waals surface area contributed by atoms with Crippen molar-refractivity contribution in [2.24, 2.45) is 4.99 Å². The summed E-state index contributed by atoms with van der Waals surface area (Å²) in [5.41, 5.74) is 5.50. The maximum absolute atomic E-state index is 14.4. The van der Waals surface area contributed by atoms with Crippen LogP contribution in [0.4, 0.5) is 0 Å². The van der Waals surface area contributed by atoms with Crippen LogP contribution in [0.5, 0.6) is 5.75 Å². The standard InChI is InChI=1S/C36H34ClN3O4S/c1-6-43-35(42)32-22(4)38-36-40(33(32)27-12-8-10-14-30(27)44-21(2)3)34(41)31(45-36)19-28-23(5)39(29-13-9-7-11-26(28)29)20-24-15-17-25(37)18-16-24/h7-19,21,33H,6,20H2,1-5H3/b31-19+/t33-/m1/s1. The van der Waals surface area contributed by atoms with Gasteiger partial charge in [-0.25, -0.2) is 9.79 Å². The van der Waals surface area contributed by atoms with Crippen LogP contribution in [0.15, 0.2) is 93.9 Å². The Bertz CT molecular complexity index is 2140. The van der Waals surface area contributed by atoms with E-state index in [2.05, 4.69) is 23.6 Å². The number of carbonyl (C=O) groups excluding carboxylic acids is 1. The Morgan fingerprint density at radius 3 is 2.49 bits per heavy atom. The molecule has 1 atom stereocenters. The van der Waals surface area contributed by atoms with E-state index < -0.39 is 12.0 Å². The molecule has 0 spiro atoms. The van der Waals surface area contributed by atoms with Crippen LogP contribution >= 0.6 is 22.9 Å². The highest BCUT2D eigenvalue weighted by Gasteiger charge is 2.35. The maximum atomic E-state index is 14.4. The second kappa shape index (κ2) is 12.5. The number of hydrogen-bond acceptors (Lipinski definition) is 6. The van der Waals surface area contributed by atoms with Gasteiger partial charge in [0.15, 0.2) is 4.80 Å². The fraction of sp³-hybridized carbons (Fsp3) is 0.250. The Balaban J connectivity index is 1.56. The molecule has 1 aliphatic heterocycles. The fourth-order valence-corrected chi connectivity index (χ4v) is 7.05. The van der Waals surface area contributed by atoms with Crippen molar-refractivity contribution in [1.29, 1.82) is 0 Å². The summed E-state index contributed by atoms with van der Waals surface area (Å²) in [4.78, 5) is 33.1. The summed E-state index contributed by atoms with van der Waals surface area (Å²) in [6.45, 7) is 10.4. The quantitative estimate of drug-likeness (QED) is 0.181. The number of halogens is 1. The lowest BCUT2D eigenvalue weighted by atomic mass is 9.95. The number of ether oxygens (including phenoxy) is 2. The summed E-state index contributed by atoms with van der Waals surface area (Å²) in [6, 6.07) is 22.8. The van der Waals surface area contributed by atoms with Gasteiger partial charge in [-0.15, -0.1) is 0 Å². The summed E-state index contributed by atoms with van der Waals surface area (Å²) in [5.74, 6) is 0.100. The molecule has 2 aromatic heterocycles. The van der Waals surface area contributed by atoms with E-state index in [-0.39, 0.29) is 18.3 Å². The SMILES string of the molecule is CCOC(=O)C1=C(C)N=c2s/c(=C/c3c(C)n(Cc4ccc(Cl)cc4)c4ccccc34)c(=O)n2[C@@H]1c1ccccc1OC(C)C. The molecule has 0 bridgehead atoms. The van der Waals surface area contributed by atoms with Gasteiger partial charge in [-0.3, -0.25) is 9.36 Å². The molecule has 0 aliphatic carbocycles. The average Bonchev–Trinajstić information content (AvgIpc) is 3.46. The first-order valence-electron chi connectivity index (χ1n) is 15.0. The van der Waals surface area contributed by atoms with Gasteiger partial charge in [0, 0.05) is 39.3 Å². The Labute approximate surface area is 270 Å². The molecule has 0 unspecified atom stereocenters. The highest BCUT2D eigenvalue weighted by molar-refractivity contribution is 7.07. The maximum Gasteiger partial charge on any atom is 0.338 e. The molecule has 0 fully saturated rings. The highest BCUT2D eigenvalue weighted by Crippen LogP contribution is 2.36. The number of benzene rings is 3. The van der Waals surface area contributed by atoms with Crippen LogP contribution in [0.3, 0.4) is 0 Å². The zero-order valence-corrected chi connectivity index (χ0v) is 27.4. The molecule has 9 heteroatoms. The topological polar surface area (TPSA) is 74.8 Å². The molecule has 1 aliphatic rings. The summed E-state index contributed by atoms with van der Waals surface area (Å²) in [7, 11) is 0. The summed E-state index contributed by atoms with van der Waals surface area (Å²) in [5, 5.41) is 1.74. The highest BCUT2D eigenvalue weighted by atomic mass is 35.5. The predicted molar refractivity (Wildman–Crippen MR) is 180 cm³/mol. The van der Waals surface area contributed by atoms with E-state index in [1.54, 1.807) is 18.4 Å². The lowest BCUT2D eigenvalue weighted by Crippen LogP contribution is -2.40. The molecule has 0 radical (unpaired) electrons. The van der Waals surface area contributed by atoms with E-state index in [4.69, 9.17) is 26.1 Å². The van der Waals surface area contributed by atoms with E-state index in [0.717, 1.165) is 27.7 Å². The van der Waals surface area contributed by atoms with Crippen molar-refractivity contribution < 1.29 is 14.3 Å². The molecule has 0 amide bonds. The van der Waals surface area contributed by atoms with Gasteiger partial charge in [0.1, 0.15) is 11.8 Å². The van der Waals surface area contributed by atoms with Crippen molar-refractivity contribution >= 4 is 45.9 Å². The van der Waals surface area contributed by atoms with E-state index in [0.29, 0.717) is 43.5 Å². The first-order valence-corrected chi connectivity index (χ1v) is 16.1. The molecular formula is C36H34ClN3O4S. The number of para-hydroxylation sites is 2. The molecule has 3 heterocycles.